The van der Waals surface area contributed by atoms with Crippen molar-refractivity contribution >= 4 is 23.9 Å². The molecule has 6 unspecified atom stereocenters. The molecule has 12 heteroatoms. The van der Waals surface area contributed by atoms with Crippen LogP contribution in [0.5, 0.6) is 0 Å². The van der Waals surface area contributed by atoms with Gasteiger partial charge in [0.2, 0.25) is 0 Å². The minimum atomic E-state index is -1.93. The summed E-state index contributed by atoms with van der Waals surface area (Å²) in [6.45, 7) is 5.70. The van der Waals surface area contributed by atoms with E-state index in [1.165, 1.54) is 57.8 Å². The Labute approximate surface area is 502 Å². The summed E-state index contributed by atoms with van der Waals surface area (Å²) >= 11 is 0. The van der Waals surface area contributed by atoms with Gasteiger partial charge < -0.3 is 39.0 Å². The molecule has 0 aromatic carbocycles. The number of unbranched alkanes of at least 4 members (excludes halogenated alkanes) is 17. The third kappa shape index (κ3) is 46.9. The van der Waals surface area contributed by atoms with E-state index in [-0.39, 0.29) is 25.9 Å². The van der Waals surface area contributed by atoms with E-state index in [4.69, 9.17) is 23.7 Å². The van der Waals surface area contributed by atoms with E-state index in [1.54, 1.807) is 0 Å². The third-order valence-electron chi connectivity index (χ3n) is 13.7. The van der Waals surface area contributed by atoms with Crippen LogP contribution in [-0.4, -0.2) is 89.2 Å². The van der Waals surface area contributed by atoms with E-state index in [0.717, 1.165) is 116 Å². The Morgan fingerprint density at radius 2 is 0.771 bits per heavy atom. The molecule has 0 aromatic rings. The minimum absolute atomic E-state index is 0.00826. The summed E-state index contributed by atoms with van der Waals surface area (Å²) in [5, 5.41) is 31.6. The molecule has 83 heavy (non-hydrogen) atoms. The number of carboxylic acids is 1. The van der Waals surface area contributed by atoms with E-state index in [0.29, 0.717) is 25.7 Å². The molecule has 0 aromatic heterocycles. The lowest BCUT2D eigenvalue weighted by molar-refractivity contribution is -0.301. The van der Waals surface area contributed by atoms with Crippen LogP contribution >= 0.6 is 0 Å². The van der Waals surface area contributed by atoms with Crippen LogP contribution in [0, 0.1) is 0 Å². The highest BCUT2D eigenvalue weighted by Gasteiger charge is 2.50. The van der Waals surface area contributed by atoms with Crippen molar-refractivity contribution < 1.29 is 58.2 Å². The molecular formula is C71H112O12. The highest BCUT2D eigenvalue weighted by atomic mass is 16.7. The quantitative estimate of drug-likeness (QED) is 0.0228. The number of carbonyl (C=O) groups excluding carboxylic acids is 3. The molecule has 468 valence electrons. The zero-order valence-corrected chi connectivity index (χ0v) is 51.6. The molecule has 0 radical (unpaired) electrons. The summed E-state index contributed by atoms with van der Waals surface area (Å²) in [6, 6.07) is 0. The summed E-state index contributed by atoms with van der Waals surface area (Å²) in [5.74, 6) is -3.26. The summed E-state index contributed by atoms with van der Waals surface area (Å²) in [6.07, 6.45) is 68.4. The molecule has 1 rings (SSSR count). The first-order valence-corrected chi connectivity index (χ1v) is 32.2. The Hall–Kier alpha value is -5.14. The van der Waals surface area contributed by atoms with Crippen LogP contribution in [0.25, 0.3) is 0 Å². The number of aliphatic hydroxyl groups is 2. The number of aliphatic carboxylic acids is 1. The van der Waals surface area contributed by atoms with Gasteiger partial charge in [-0.3, -0.25) is 14.4 Å². The van der Waals surface area contributed by atoms with Gasteiger partial charge in [-0.05, 0) is 128 Å². The number of hydrogen-bond donors (Lipinski definition) is 3. The van der Waals surface area contributed by atoms with Crippen molar-refractivity contribution in [2.75, 3.05) is 13.2 Å². The second-order valence-electron chi connectivity index (χ2n) is 21.3. The molecule has 1 saturated heterocycles. The molecule has 0 spiro atoms. The molecule has 1 aliphatic rings. The van der Waals surface area contributed by atoms with Gasteiger partial charge in [-0.15, -0.1) is 0 Å². The summed E-state index contributed by atoms with van der Waals surface area (Å²) in [5.41, 5.74) is 0. The first-order chi connectivity index (χ1) is 40.6. The largest absolute Gasteiger partial charge is 0.479 e. The van der Waals surface area contributed by atoms with E-state index < -0.39 is 67.3 Å². The number of hydrogen-bond acceptors (Lipinski definition) is 11. The van der Waals surface area contributed by atoms with Crippen LogP contribution in [0.3, 0.4) is 0 Å². The zero-order chi connectivity index (χ0) is 60.3. The SMILES string of the molecule is CC/C=C\C/C=C\C/C=C\C/C=C\C/C=C\CCCCCC(=O)OC1C(OCC(COC(=O)CCC/C=C\C/C=C\C/C=C\C/C=C\C/C=C\CC)OC(=O)CCCCCCCCC/C=C\CCCCCCCC)OC(C(=O)O)C(O)C1O. The van der Waals surface area contributed by atoms with E-state index in [9.17, 15) is 34.5 Å². The second-order valence-corrected chi connectivity index (χ2v) is 21.3. The van der Waals surface area contributed by atoms with Gasteiger partial charge in [-0.1, -0.05) is 225 Å². The molecule has 0 bridgehead atoms. The summed E-state index contributed by atoms with van der Waals surface area (Å²) in [7, 11) is 0. The maximum absolute atomic E-state index is 13.2. The summed E-state index contributed by atoms with van der Waals surface area (Å²) < 4.78 is 28.4. The standard InChI is InChI=1S/C71H112O12/c1-4-7-10-13-16-19-22-25-28-31-32-35-38-41-44-47-50-53-56-59-65(74)82-69-67(76)66(75)68(70(77)78)83-71(69)80-61-62(81-64(73)58-55-52-49-46-43-40-37-34-30-27-24-21-18-15-12-9-6-3)60-79-63(72)57-54-51-48-45-42-39-36-33-29-26-23-20-17-14-11-8-5-2/h7-8,10-11,16-17,19-20,25-30,32,35-36,39,41,44-45,48,62,66-69,71,75-76H,4-6,9,12-15,18,21-24,31,33-34,37-38,40,42-43,46-47,49-61H2,1-3H3,(H,77,78)/b10-7-,11-8-,19-16-,20-17-,28-25-,29-26-,30-27-,35-32-,39-36-,44-41-,48-45-. The number of rotatable bonds is 53. The van der Waals surface area contributed by atoms with E-state index in [2.05, 4.69) is 148 Å². The smallest absolute Gasteiger partial charge is 0.335 e. The summed E-state index contributed by atoms with van der Waals surface area (Å²) in [4.78, 5) is 51.3. The van der Waals surface area contributed by atoms with E-state index in [1.807, 2.05) is 6.08 Å². The topological polar surface area (TPSA) is 175 Å². The molecule has 1 heterocycles. The Kier molecular flexibility index (Phi) is 52.4. The minimum Gasteiger partial charge on any atom is -0.479 e. The number of carboxylic acid groups (broad SMARTS) is 1. The van der Waals surface area contributed by atoms with Crippen molar-refractivity contribution in [3.05, 3.63) is 134 Å². The lowest BCUT2D eigenvalue weighted by Crippen LogP contribution is -2.61. The van der Waals surface area contributed by atoms with Crippen molar-refractivity contribution in [1.29, 1.82) is 0 Å². The van der Waals surface area contributed by atoms with Gasteiger partial charge in [0.05, 0.1) is 6.61 Å². The Morgan fingerprint density at radius 3 is 1.22 bits per heavy atom. The lowest BCUT2D eigenvalue weighted by atomic mass is 9.98. The van der Waals surface area contributed by atoms with Crippen LogP contribution in [0.15, 0.2) is 134 Å². The molecule has 1 aliphatic heterocycles. The Balaban J connectivity index is 2.74. The predicted octanol–water partition coefficient (Wildman–Crippen LogP) is 17.3. The average Bonchev–Trinajstić information content (AvgIpc) is 3.55. The molecule has 1 fully saturated rings. The average molecular weight is 1160 g/mol. The van der Waals surface area contributed by atoms with Crippen LogP contribution in [0.2, 0.25) is 0 Å². The van der Waals surface area contributed by atoms with Gasteiger partial charge in [0.15, 0.2) is 24.6 Å². The number of esters is 3. The molecule has 12 nitrogen and oxygen atoms in total. The Bertz CT molecular complexity index is 1950. The molecule has 3 N–H and O–H groups in total. The van der Waals surface area contributed by atoms with Gasteiger partial charge in [0.1, 0.15) is 18.8 Å². The third-order valence-corrected chi connectivity index (χ3v) is 13.7. The van der Waals surface area contributed by atoms with Crippen LogP contribution in [0.1, 0.15) is 239 Å². The first-order valence-electron chi connectivity index (χ1n) is 32.2. The van der Waals surface area contributed by atoms with Gasteiger partial charge in [0, 0.05) is 19.3 Å². The molecule has 0 saturated carbocycles. The maximum Gasteiger partial charge on any atom is 0.335 e. The monoisotopic (exact) mass is 1160 g/mol. The van der Waals surface area contributed by atoms with Crippen molar-refractivity contribution in [2.24, 2.45) is 0 Å². The Morgan fingerprint density at radius 1 is 0.410 bits per heavy atom. The van der Waals surface area contributed by atoms with Crippen molar-refractivity contribution in [2.45, 2.75) is 276 Å². The molecule has 0 amide bonds. The van der Waals surface area contributed by atoms with Gasteiger partial charge in [-0.2, -0.15) is 0 Å². The molecule has 0 aliphatic carbocycles. The van der Waals surface area contributed by atoms with Crippen molar-refractivity contribution in [1.82, 2.24) is 0 Å². The second kappa shape index (κ2) is 57.3. The maximum atomic E-state index is 13.2. The van der Waals surface area contributed by atoms with Crippen LogP contribution < -0.4 is 0 Å². The number of ether oxygens (including phenoxy) is 5. The van der Waals surface area contributed by atoms with Gasteiger partial charge in [-0.25, -0.2) is 4.79 Å². The highest BCUT2D eigenvalue weighted by molar-refractivity contribution is 5.74. The van der Waals surface area contributed by atoms with Gasteiger partial charge in [0.25, 0.3) is 0 Å². The fraction of sp³-hybridized carbons (Fsp3) is 0.634. The first kappa shape index (κ1) is 75.9. The highest BCUT2D eigenvalue weighted by Crippen LogP contribution is 2.26. The zero-order valence-electron chi connectivity index (χ0n) is 51.6. The number of carbonyl (C=O) groups is 4. The normalized spacial score (nSPS) is 18.5. The predicted molar refractivity (Wildman–Crippen MR) is 340 cm³/mol. The fourth-order valence-electron chi connectivity index (χ4n) is 8.84. The van der Waals surface area contributed by atoms with Crippen LogP contribution in [-0.2, 0) is 42.9 Å². The van der Waals surface area contributed by atoms with Crippen LogP contribution in [0.4, 0.5) is 0 Å². The molecular weight excluding hydrogens is 1040 g/mol. The van der Waals surface area contributed by atoms with Gasteiger partial charge >= 0.3 is 23.9 Å². The fourth-order valence-corrected chi connectivity index (χ4v) is 8.84. The number of allylic oxidation sites excluding steroid dienone is 22. The molecule has 6 atom stereocenters. The van der Waals surface area contributed by atoms with Crippen molar-refractivity contribution in [3.8, 4) is 0 Å². The van der Waals surface area contributed by atoms with Crippen molar-refractivity contribution in [3.63, 3.8) is 0 Å². The lowest BCUT2D eigenvalue weighted by Gasteiger charge is -2.40. The van der Waals surface area contributed by atoms with E-state index >= 15 is 0 Å². The number of aliphatic hydroxyl groups excluding tert-OH is 2.